The number of aromatic nitrogens is 1. The number of fused-ring (bicyclic) bond motifs is 1. The summed E-state index contributed by atoms with van der Waals surface area (Å²) in [6, 6.07) is 15.9. The summed E-state index contributed by atoms with van der Waals surface area (Å²) >= 11 is 7.77. The van der Waals surface area contributed by atoms with Gasteiger partial charge in [0.15, 0.2) is 5.13 Å². The quantitative estimate of drug-likeness (QED) is 0.198. The lowest BCUT2D eigenvalue weighted by atomic mass is 10.2. The average molecular weight is 640 g/mol. The van der Waals surface area contributed by atoms with Gasteiger partial charge in [0.1, 0.15) is 17.0 Å². The van der Waals surface area contributed by atoms with Gasteiger partial charge in [-0.1, -0.05) is 36.8 Å². The summed E-state index contributed by atoms with van der Waals surface area (Å²) < 4.78 is 39.5. The number of halogens is 2. The van der Waals surface area contributed by atoms with Crippen LogP contribution in [0.2, 0.25) is 5.02 Å². The number of hydrogen-bond acceptors (Lipinski definition) is 8. The maximum atomic E-state index is 13.8. The van der Waals surface area contributed by atoms with Crippen LogP contribution in [0, 0.1) is 0 Å². The number of carbonyl (C=O) groups is 1. The number of nitrogens with zero attached hydrogens (tertiary/aromatic N) is 3. The van der Waals surface area contributed by atoms with Gasteiger partial charge in [0, 0.05) is 24.3 Å². The third-order valence-corrected chi connectivity index (χ3v) is 9.37. The number of sulfonamides is 1. The molecule has 0 atom stereocenters. The molecule has 4 rings (SSSR count). The first-order valence-corrected chi connectivity index (χ1v) is 15.3. The molecule has 4 aromatic rings. The van der Waals surface area contributed by atoms with Crippen LogP contribution in [0.25, 0.3) is 10.2 Å². The maximum absolute atomic E-state index is 13.8. The zero-order valence-electron chi connectivity index (χ0n) is 23.1. The first kappa shape index (κ1) is 32.4. The van der Waals surface area contributed by atoms with Crippen LogP contribution in [-0.4, -0.2) is 64.6 Å². The van der Waals surface area contributed by atoms with Crippen molar-refractivity contribution in [3.05, 3.63) is 71.2 Å². The van der Waals surface area contributed by atoms with E-state index in [0.717, 1.165) is 17.8 Å². The Kier molecular flexibility index (Phi) is 11.2. The standard InChI is InChI=1S/C28H31ClN4O5S2.ClH/c1-5-32(6-2)17-18-33(28-30-25-24(38-4)16-15-23(29)26(25)39-28)27(34)19-7-9-20(10-8-19)31-40(35,36)22-13-11-21(37-3)12-14-22;/h7-16,31H,5-6,17-18H2,1-4H3;1H. The fraction of sp³-hybridized carbons (Fsp3) is 0.286. The summed E-state index contributed by atoms with van der Waals surface area (Å²) in [6.45, 7) is 6.90. The molecule has 1 heterocycles. The first-order valence-electron chi connectivity index (χ1n) is 12.6. The Hall–Kier alpha value is -3.09. The van der Waals surface area contributed by atoms with Crippen LogP contribution in [0.1, 0.15) is 24.2 Å². The van der Waals surface area contributed by atoms with E-state index in [1.54, 1.807) is 60.5 Å². The summed E-state index contributed by atoms with van der Waals surface area (Å²) in [5.41, 5.74) is 1.32. The van der Waals surface area contributed by atoms with Crippen molar-refractivity contribution in [2.24, 2.45) is 0 Å². The van der Waals surface area contributed by atoms with E-state index < -0.39 is 10.0 Å². The van der Waals surface area contributed by atoms with E-state index in [1.807, 2.05) is 0 Å². The van der Waals surface area contributed by atoms with Crippen molar-refractivity contribution in [1.29, 1.82) is 0 Å². The molecule has 1 amide bonds. The molecule has 41 heavy (non-hydrogen) atoms. The van der Waals surface area contributed by atoms with Crippen LogP contribution in [0.4, 0.5) is 10.8 Å². The highest BCUT2D eigenvalue weighted by Crippen LogP contribution is 2.39. The number of rotatable bonds is 12. The summed E-state index contributed by atoms with van der Waals surface area (Å²) in [5, 5.41) is 1.03. The second-order valence-corrected chi connectivity index (χ2v) is 11.8. The molecule has 13 heteroatoms. The van der Waals surface area contributed by atoms with Gasteiger partial charge in [0.2, 0.25) is 0 Å². The third-order valence-electron chi connectivity index (χ3n) is 6.43. The lowest BCUT2D eigenvalue weighted by Gasteiger charge is -2.24. The topological polar surface area (TPSA) is 101 Å². The maximum Gasteiger partial charge on any atom is 0.261 e. The van der Waals surface area contributed by atoms with Gasteiger partial charge in [-0.3, -0.25) is 14.4 Å². The number of hydrogen-bond donors (Lipinski definition) is 1. The molecule has 9 nitrogen and oxygen atoms in total. The van der Waals surface area contributed by atoms with Crippen molar-refractivity contribution in [3.8, 4) is 11.5 Å². The lowest BCUT2D eigenvalue weighted by molar-refractivity contribution is 0.0983. The van der Waals surface area contributed by atoms with Gasteiger partial charge < -0.3 is 14.4 Å². The van der Waals surface area contributed by atoms with Gasteiger partial charge in [-0.05, 0) is 73.8 Å². The summed E-state index contributed by atoms with van der Waals surface area (Å²) in [7, 11) is -0.742. The van der Waals surface area contributed by atoms with Crippen LogP contribution in [0.5, 0.6) is 11.5 Å². The molecule has 0 unspecified atom stereocenters. The van der Waals surface area contributed by atoms with Gasteiger partial charge in [0.25, 0.3) is 15.9 Å². The number of nitrogens with one attached hydrogen (secondary N) is 1. The molecule has 0 spiro atoms. The molecule has 0 saturated heterocycles. The van der Waals surface area contributed by atoms with Crippen LogP contribution in [0.15, 0.2) is 65.6 Å². The van der Waals surface area contributed by atoms with E-state index in [1.165, 1.54) is 30.6 Å². The molecular formula is C28H32Cl2N4O5S2. The SMILES string of the molecule is CCN(CC)CCN(C(=O)c1ccc(NS(=O)(=O)c2ccc(OC)cc2)cc1)c1nc2c(OC)ccc(Cl)c2s1.Cl. The predicted octanol–water partition coefficient (Wildman–Crippen LogP) is 6.18. The number of benzene rings is 3. The van der Waals surface area contributed by atoms with E-state index >= 15 is 0 Å². The molecule has 1 N–H and O–H groups in total. The first-order chi connectivity index (χ1) is 19.2. The molecule has 220 valence electrons. The van der Waals surface area contributed by atoms with Crippen molar-refractivity contribution >= 4 is 72.3 Å². The predicted molar refractivity (Wildman–Crippen MR) is 168 cm³/mol. The second kappa shape index (κ2) is 14.2. The molecule has 0 bridgehead atoms. The minimum Gasteiger partial charge on any atom is -0.497 e. The van der Waals surface area contributed by atoms with Crippen LogP contribution in [0.3, 0.4) is 0 Å². The molecule has 1 aromatic heterocycles. The third kappa shape index (κ3) is 7.41. The highest BCUT2D eigenvalue weighted by Gasteiger charge is 2.24. The smallest absolute Gasteiger partial charge is 0.261 e. The van der Waals surface area contributed by atoms with Gasteiger partial charge in [-0.25, -0.2) is 13.4 Å². The number of likely N-dealkylation sites (N-methyl/N-ethyl adjacent to an activating group) is 1. The minimum absolute atomic E-state index is 0. The highest BCUT2D eigenvalue weighted by molar-refractivity contribution is 7.92. The zero-order chi connectivity index (χ0) is 28.9. The number of methoxy groups -OCH3 is 2. The van der Waals surface area contributed by atoms with Crippen molar-refractivity contribution < 1.29 is 22.7 Å². The van der Waals surface area contributed by atoms with Crippen LogP contribution >= 0.6 is 35.3 Å². The monoisotopic (exact) mass is 638 g/mol. The Morgan fingerprint density at radius 1 is 0.951 bits per heavy atom. The molecule has 0 fully saturated rings. The molecule has 0 aliphatic heterocycles. The number of thiazole rings is 1. The zero-order valence-corrected chi connectivity index (χ0v) is 26.3. The van der Waals surface area contributed by atoms with Crippen LogP contribution in [-0.2, 0) is 10.0 Å². The Morgan fingerprint density at radius 2 is 1.61 bits per heavy atom. The van der Waals surface area contributed by atoms with Gasteiger partial charge in [0.05, 0.1) is 28.8 Å². The molecule has 0 aliphatic carbocycles. The average Bonchev–Trinajstić information content (AvgIpc) is 3.42. The Morgan fingerprint density at radius 3 is 2.20 bits per heavy atom. The Labute approximate surface area is 255 Å². The lowest BCUT2D eigenvalue weighted by Crippen LogP contribution is -2.38. The summed E-state index contributed by atoms with van der Waals surface area (Å²) in [6.07, 6.45) is 0. The van der Waals surface area contributed by atoms with Gasteiger partial charge in [-0.2, -0.15) is 0 Å². The fourth-order valence-corrected chi connectivity index (χ4v) is 6.43. The van der Waals surface area contributed by atoms with Crippen molar-refractivity contribution in [3.63, 3.8) is 0 Å². The van der Waals surface area contributed by atoms with Crippen molar-refractivity contribution in [1.82, 2.24) is 9.88 Å². The second-order valence-electron chi connectivity index (χ2n) is 8.77. The number of amides is 1. The minimum atomic E-state index is -3.82. The Balaban J connectivity index is 0.00000462. The highest BCUT2D eigenvalue weighted by atomic mass is 35.5. The summed E-state index contributed by atoms with van der Waals surface area (Å²) in [4.78, 5) is 22.5. The number of carbonyl (C=O) groups excluding carboxylic acids is 1. The fourth-order valence-electron chi connectivity index (χ4n) is 4.09. The number of anilines is 2. The van der Waals surface area contributed by atoms with Crippen LogP contribution < -0.4 is 19.1 Å². The normalized spacial score (nSPS) is 11.3. The van der Waals surface area contributed by atoms with Gasteiger partial charge >= 0.3 is 0 Å². The molecule has 3 aromatic carbocycles. The van der Waals surface area contributed by atoms with Crippen molar-refractivity contribution in [2.75, 3.05) is 50.0 Å². The molecule has 0 aliphatic rings. The largest absolute Gasteiger partial charge is 0.497 e. The van der Waals surface area contributed by atoms with E-state index in [9.17, 15) is 13.2 Å². The van der Waals surface area contributed by atoms with E-state index in [-0.39, 0.29) is 23.2 Å². The van der Waals surface area contributed by atoms with E-state index in [0.29, 0.717) is 51.5 Å². The van der Waals surface area contributed by atoms with Gasteiger partial charge in [-0.15, -0.1) is 12.4 Å². The molecule has 0 radical (unpaired) electrons. The Bertz CT molecular complexity index is 1580. The number of ether oxygens (including phenoxy) is 2. The molecular weight excluding hydrogens is 607 g/mol. The van der Waals surface area contributed by atoms with E-state index in [4.69, 9.17) is 26.1 Å². The molecule has 0 saturated carbocycles. The summed E-state index contributed by atoms with van der Waals surface area (Å²) in [5.74, 6) is 0.874. The van der Waals surface area contributed by atoms with Crippen molar-refractivity contribution in [2.45, 2.75) is 18.7 Å². The van der Waals surface area contributed by atoms with E-state index in [2.05, 4.69) is 23.5 Å².